The lowest BCUT2D eigenvalue weighted by Gasteiger charge is -2.10. The molecule has 0 atom stereocenters. The average molecular weight is 197 g/mol. The van der Waals surface area contributed by atoms with Crippen molar-refractivity contribution in [2.75, 3.05) is 26.4 Å². The van der Waals surface area contributed by atoms with E-state index in [1.807, 2.05) is 0 Å². The van der Waals surface area contributed by atoms with Crippen molar-refractivity contribution in [2.24, 2.45) is 0 Å². The summed E-state index contributed by atoms with van der Waals surface area (Å²) in [6.45, 7) is 3.31. The summed E-state index contributed by atoms with van der Waals surface area (Å²) < 4.78 is 16.3. The Kier molecular flexibility index (Phi) is 4.31. The van der Waals surface area contributed by atoms with Gasteiger partial charge >= 0.3 is 14.2 Å². The van der Waals surface area contributed by atoms with Crippen LogP contribution in [0.3, 0.4) is 0 Å². The van der Waals surface area contributed by atoms with Crippen LogP contribution in [0.1, 0.15) is 12.8 Å². The van der Waals surface area contributed by atoms with E-state index in [4.69, 9.17) is 14.0 Å². The molecule has 0 aromatic rings. The van der Waals surface area contributed by atoms with Crippen molar-refractivity contribution in [1.29, 1.82) is 0 Å². The van der Waals surface area contributed by atoms with Gasteiger partial charge in [0.15, 0.2) is 0 Å². The molecule has 0 radical (unpaired) electrons. The standard InChI is InChI=1S/C8H17B2NO3/c1-3-9(12-6-1)11-5-8-14-10-4-2-7-13-10/h11H,1-8H2. The van der Waals surface area contributed by atoms with Crippen LogP contribution in [0.5, 0.6) is 0 Å². The van der Waals surface area contributed by atoms with Gasteiger partial charge < -0.3 is 19.2 Å². The Labute approximate surface area is 85.9 Å². The van der Waals surface area contributed by atoms with E-state index in [1.165, 1.54) is 6.42 Å². The minimum atomic E-state index is 0.0429. The average Bonchev–Trinajstić information content (AvgIpc) is 2.86. The van der Waals surface area contributed by atoms with Crippen LogP contribution in [-0.2, 0) is 14.0 Å². The maximum Gasteiger partial charge on any atom is 0.456 e. The van der Waals surface area contributed by atoms with Crippen molar-refractivity contribution in [1.82, 2.24) is 5.23 Å². The third-order valence-electron chi connectivity index (χ3n) is 2.60. The van der Waals surface area contributed by atoms with E-state index >= 15 is 0 Å². The molecular weight excluding hydrogens is 180 g/mol. The van der Waals surface area contributed by atoms with E-state index in [1.54, 1.807) is 0 Å². The van der Waals surface area contributed by atoms with Gasteiger partial charge in [0.1, 0.15) is 0 Å². The Morgan fingerprint density at radius 2 is 2.00 bits per heavy atom. The third kappa shape index (κ3) is 3.28. The normalized spacial score (nSPS) is 22.3. The summed E-state index contributed by atoms with van der Waals surface area (Å²) in [4.78, 5) is 0. The molecule has 2 fully saturated rings. The van der Waals surface area contributed by atoms with Gasteiger partial charge in [-0.15, -0.1) is 0 Å². The molecule has 0 aliphatic carbocycles. The van der Waals surface area contributed by atoms with Gasteiger partial charge in [-0.2, -0.15) is 0 Å². The van der Waals surface area contributed by atoms with Gasteiger partial charge in [-0.25, -0.2) is 0 Å². The molecule has 4 nitrogen and oxygen atoms in total. The Balaban J connectivity index is 1.46. The highest BCUT2D eigenvalue weighted by Gasteiger charge is 2.24. The van der Waals surface area contributed by atoms with Crippen LogP contribution in [-0.4, -0.2) is 40.5 Å². The second-order valence-corrected chi connectivity index (χ2v) is 3.77. The molecule has 2 heterocycles. The first kappa shape index (κ1) is 10.5. The lowest BCUT2D eigenvalue weighted by molar-refractivity contribution is 0.227. The van der Waals surface area contributed by atoms with Crippen molar-refractivity contribution >= 4 is 14.2 Å². The lowest BCUT2D eigenvalue weighted by Crippen LogP contribution is -2.36. The van der Waals surface area contributed by atoms with Gasteiger partial charge in [-0.05, 0) is 25.5 Å². The summed E-state index contributed by atoms with van der Waals surface area (Å²) >= 11 is 0. The highest BCUT2D eigenvalue weighted by molar-refractivity contribution is 6.49. The molecule has 0 aromatic carbocycles. The molecule has 2 aliphatic heterocycles. The summed E-state index contributed by atoms with van der Waals surface area (Å²) in [6.07, 6.45) is 4.47. The van der Waals surface area contributed by atoms with E-state index in [9.17, 15) is 0 Å². The van der Waals surface area contributed by atoms with Gasteiger partial charge in [0, 0.05) is 26.4 Å². The van der Waals surface area contributed by atoms with Crippen LogP contribution in [0.2, 0.25) is 12.6 Å². The maximum atomic E-state index is 5.52. The summed E-state index contributed by atoms with van der Waals surface area (Å²) in [6, 6.07) is 0. The summed E-state index contributed by atoms with van der Waals surface area (Å²) in [7, 11) is 0.296. The summed E-state index contributed by atoms with van der Waals surface area (Å²) in [5.74, 6) is 0. The Hall–Kier alpha value is -0.0301. The summed E-state index contributed by atoms with van der Waals surface area (Å²) in [5, 5.41) is 3.30. The molecule has 2 aliphatic rings. The molecular formula is C8H17B2NO3. The van der Waals surface area contributed by atoms with Gasteiger partial charge in [-0.3, -0.25) is 0 Å². The molecule has 0 amide bonds. The summed E-state index contributed by atoms with van der Waals surface area (Å²) in [5.41, 5.74) is 0. The monoisotopic (exact) mass is 197 g/mol. The number of hydrogen-bond donors (Lipinski definition) is 1. The first-order chi connectivity index (χ1) is 6.95. The molecule has 0 spiro atoms. The molecule has 6 heteroatoms. The van der Waals surface area contributed by atoms with Crippen molar-refractivity contribution < 1.29 is 14.0 Å². The Bertz CT molecular complexity index is 143. The molecule has 2 rings (SSSR count). The highest BCUT2D eigenvalue weighted by Crippen LogP contribution is 2.10. The van der Waals surface area contributed by atoms with Crippen LogP contribution in [0.4, 0.5) is 0 Å². The molecule has 78 valence electrons. The minimum Gasteiger partial charge on any atom is -0.421 e. The van der Waals surface area contributed by atoms with Crippen LogP contribution in [0, 0.1) is 0 Å². The predicted molar refractivity (Wildman–Crippen MR) is 56.2 cm³/mol. The van der Waals surface area contributed by atoms with E-state index in [0.717, 1.165) is 38.8 Å². The molecule has 0 aromatic heterocycles. The SMILES string of the molecule is C1COB(NCCOB2CCCO2)C1. The zero-order valence-corrected chi connectivity index (χ0v) is 8.54. The second-order valence-electron chi connectivity index (χ2n) is 3.77. The molecule has 1 N–H and O–H groups in total. The van der Waals surface area contributed by atoms with Gasteiger partial charge in [0.2, 0.25) is 0 Å². The fourth-order valence-corrected chi connectivity index (χ4v) is 1.83. The van der Waals surface area contributed by atoms with Crippen LogP contribution < -0.4 is 5.23 Å². The van der Waals surface area contributed by atoms with Gasteiger partial charge in [0.05, 0.1) is 0 Å². The smallest absolute Gasteiger partial charge is 0.421 e. The van der Waals surface area contributed by atoms with E-state index in [-0.39, 0.29) is 14.2 Å². The molecule has 0 bridgehead atoms. The largest absolute Gasteiger partial charge is 0.456 e. The second kappa shape index (κ2) is 5.75. The van der Waals surface area contributed by atoms with Gasteiger partial charge in [-0.1, -0.05) is 0 Å². The van der Waals surface area contributed by atoms with Crippen LogP contribution in [0.15, 0.2) is 0 Å². The van der Waals surface area contributed by atoms with Crippen LogP contribution >= 0.6 is 0 Å². The zero-order valence-electron chi connectivity index (χ0n) is 8.54. The van der Waals surface area contributed by atoms with Crippen molar-refractivity contribution in [3.05, 3.63) is 0 Å². The van der Waals surface area contributed by atoms with Crippen molar-refractivity contribution in [3.8, 4) is 0 Å². The molecule has 14 heavy (non-hydrogen) atoms. The van der Waals surface area contributed by atoms with E-state index < -0.39 is 0 Å². The number of nitrogens with one attached hydrogen (secondary N) is 1. The first-order valence-corrected chi connectivity index (χ1v) is 5.53. The fourth-order valence-electron chi connectivity index (χ4n) is 1.83. The van der Waals surface area contributed by atoms with Crippen molar-refractivity contribution in [2.45, 2.75) is 25.5 Å². The maximum absolute atomic E-state index is 5.52. The fraction of sp³-hybridized carbons (Fsp3) is 1.00. The Morgan fingerprint density at radius 1 is 1.14 bits per heavy atom. The Morgan fingerprint density at radius 3 is 2.71 bits per heavy atom. The van der Waals surface area contributed by atoms with E-state index in [2.05, 4.69) is 5.23 Å². The topological polar surface area (TPSA) is 39.7 Å². The van der Waals surface area contributed by atoms with E-state index in [0.29, 0.717) is 6.61 Å². The number of rotatable bonds is 5. The zero-order chi connectivity index (χ0) is 9.64. The highest BCUT2D eigenvalue weighted by atomic mass is 16.6. The number of hydrogen-bond acceptors (Lipinski definition) is 4. The third-order valence-corrected chi connectivity index (χ3v) is 2.60. The quantitative estimate of drug-likeness (QED) is 0.511. The first-order valence-electron chi connectivity index (χ1n) is 5.53. The molecule has 0 unspecified atom stereocenters. The predicted octanol–water partition coefficient (Wildman–Crippen LogP) is 0.410. The lowest BCUT2D eigenvalue weighted by atomic mass is 9.80. The minimum absolute atomic E-state index is 0.0429. The van der Waals surface area contributed by atoms with Gasteiger partial charge in [0.25, 0.3) is 0 Å². The molecule has 0 saturated carbocycles. The van der Waals surface area contributed by atoms with Crippen LogP contribution in [0.25, 0.3) is 0 Å². The molecule has 2 saturated heterocycles. The van der Waals surface area contributed by atoms with Crippen molar-refractivity contribution in [3.63, 3.8) is 0 Å².